The summed E-state index contributed by atoms with van der Waals surface area (Å²) < 4.78 is 13.0. The summed E-state index contributed by atoms with van der Waals surface area (Å²) in [4.78, 5) is 20.2. The highest BCUT2D eigenvalue weighted by Gasteiger charge is 2.33. The Balaban J connectivity index is 1.35. The van der Waals surface area contributed by atoms with Gasteiger partial charge in [0.25, 0.3) is 0 Å². The van der Waals surface area contributed by atoms with E-state index in [-0.39, 0.29) is 17.6 Å². The van der Waals surface area contributed by atoms with Crippen LogP contribution in [0.4, 0.5) is 9.52 Å². The Kier molecular flexibility index (Phi) is 4.33. The van der Waals surface area contributed by atoms with Gasteiger partial charge in [0.2, 0.25) is 5.91 Å². The van der Waals surface area contributed by atoms with Crippen LogP contribution in [0.25, 0.3) is 10.4 Å². The Hall–Kier alpha value is -1.79. The number of carbonyl (C=O) groups is 1. The van der Waals surface area contributed by atoms with Gasteiger partial charge in [-0.1, -0.05) is 23.5 Å². The standard InChI is InChI=1S/C18H20FN3OS/c19-14-3-1-12(2-4-14)16-11-20-18(24-16)21-17(23)13-7-9-22(10-8-13)15-5-6-15/h1-4,11,13,15H,5-10H2,(H,20,21,23). The summed E-state index contributed by atoms with van der Waals surface area (Å²) in [5, 5.41) is 3.56. The average Bonchev–Trinajstić information content (AvgIpc) is 3.35. The number of amides is 1. The number of aromatic nitrogens is 1. The largest absolute Gasteiger partial charge is 0.302 e. The maximum atomic E-state index is 13.0. The normalized spacial score (nSPS) is 19.4. The lowest BCUT2D eigenvalue weighted by Gasteiger charge is -2.31. The van der Waals surface area contributed by atoms with Crippen LogP contribution in [0.5, 0.6) is 0 Å². The average molecular weight is 345 g/mol. The molecule has 1 aromatic carbocycles. The number of thiazole rings is 1. The van der Waals surface area contributed by atoms with E-state index in [0.29, 0.717) is 5.13 Å². The van der Waals surface area contributed by atoms with Gasteiger partial charge >= 0.3 is 0 Å². The van der Waals surface area contributed by atoms with Gasteiger partial charge in [0.05, 0.1) is 4.88 Å². The van der Waals surface area contributed by atoms with Gasteiger partial charge in [-0.15, -0.1) is 0 Å². The third-order valence-electron chi connectivity index (χ3n) is 4.83. The smallest absolute Gasteiger partial charge is 0.229 e. The van der Waals surface area contributed by atoms with Crippen molar-refractivity contribution in [2.45, 2.75) is 31.7 Å². The quantitative estimate of drug-likeness (QED) is 0.918. The third kappa shape index (κ3) is 3.49. The van der Waals surface area contributed by atoms with Crippen molar-refractivity contribution in [2.75, 3.05) is 18.4 Å². The van der Waals surface area contributed by atoms with Crippen LogP contribution in [0.1, 0.15) is 25.7 Å². The molecule has 4 rings (SSSR count). The fraction of sp³-hybridized carbons (Fsp3) is 0.444. The summed E-state index contributed by atoms with van der Waals surface area (Å²) in [6.07, 6.45) is 6.23. The van der Waals surface area contributed by atoms with E-state index in [2.05, 4.69) is 15.2 Å². The molecule has 6 heteroatoms. The highest BCUT2D eigenvalue weighted by molar-refractivity contribution is 7.19. The number of hydrogen-bond donors (Lipinski definition) is 1. The molecule has 2 fully saturated rings. The second-order valence-electron chi connectivity index (χ2n) is 6.57. The first-order chi connectivity index (χ1) is 11.7. The summed E-state index contributed by atoms with van der Waals surface area (Å²) in [6.45, 7) is 2.06. The molecule has 0 radical (unpaired) electrons. The van der Waals surface area contributed by atoms with Gasteiger partial charge in [0.15, 0.2) is 5.13 Å². The van der Waals surface area contributed by atoms with E-state index in [1.54, 1.807) is 18.3 Å². The maximum absolute atomic E-state index is 13.0. The summed E-state index contributed by atoms with van der Waals surface area (Å²) in [5.74, 6) is -0.0991. The van der Waals surface area contributed by atoms with Crippen molar-refractivity contribution >= 4 is 22.4 Å². The minimum atomic E-state index is -0.255. The van der Waals surface area contributed by atoms with Crippen LogP contribution < -0.4 is 5.32 Å². The Morgan fingerprint density at radius 1 is 1.17 bits per heavy atom. The van der Waals surface area contributed by atoms with Crippen molar-refractivity contribution in [1.29, 1.82) is 0 Å². The van der Waals surface area contributed by atoms with Crippen molar-refractivity contribution in [3.63, 3.8) is 0 Å². The first-order valence-electron chi connectivity index (χ1n) is 8.46. The molecule has 2 heterocycles. The number of halogens is 1. The van der Waals surface area contributed by atoms with Crippen LogP contribution in [0.2, 0.25) is 0 Å². The molecule has 1 aliphatic heterocycles. The molecule has 0 spiro atoms. The van der Waals surface area contributed by atoms with Crippen molar-refractivity contribution in [3.05, 3.63) is 36.3 Å². The van der Waals surface area contributed by atoms with Crippen LogP contribution in [-0.2, 0) is 4.79 Å². The van der Waals surface area contributed by atoms with E-state index in [1.807, 2.05) is 0 Å². The summed E-state index contributed by atoms with van der Waals surface area (Å²) in [7, 11) is 0. The Labute approximate surface area is 144 Å². The predicted octanol–water partition coefficient (Wildman–Crippen LogP) is 3.76. The number of benzene rings is 1. The zero-order chi connectivity index (χ0) is 16.5. The van der Waals surface area contributed by atoms with Crippen LogP contribution in [0.3, 0.4) is 0 Å². The summed E-state index contributed by atoms with van der Waals surface area (Å²) in [6, 6.07) is 7.10. The third-order valence-corrected chi connectivity index (χ3v) is 5.79. The molecule has 0 unspecified atom stereocenters. The zero-order valence-corrected chi connectivity index (χ0v) is 14.2. The zero-order valence-electron chi connectivity index (χ0n) is 13.4. The lowest BCUT2D eigenvalue weighted by Crippen LogP contribution is -2.39. The summed E-state index contributed by atoms with van der Waals surface area (Å²) >= 11 is 1.42. The molecule has 0 bridgehead atoms. The van der Waals surface area contributed by atoms with E-state index in [0.717, 1.165) is 42.4 Å². The predicted molar refractivity (Wildman–Crippen MR) is 93.5 cm³/mol. The molecule has 1 aromatic heterocycles. The van der Waals surface area contributed by atoms with Crippen molar-refractivity contribution in [3.8, 4) is 10.4 Å². The number of anilines is 1. The number of hydrogen-bond acceptors (Lipinski definition) is 4. The number of piperidine rings is 1. The van der Waals surface area contributed by atoms with Gasteiger partial charge in [0.1, 0.15) is 5.82 Å². The van der Waals surface area contributed by atoms with Gasteiger partial charge < -0.3 is 10.2 Å². The molecular formula is C18H20FN3OS. The van der Waals surface area contributed by atoms with Crippen LogP contribution in [0.15, 0.2) is 30.5 Å². The number of nitrogens with one attached hydrogen (secondary N) is 1. The number of nitrogens with zero attached hydrogens (tertiary/aromatic N) is 2. The van der Waals surface area contributed by atoms with Crippen LogP contribution in [0, 0.1) is 11.7 Å². The van der Waals surface area contributed by atoms with E-state index >= 15 is 0 Å². The number of carbonyl (C=O) groups excluding carboxylic acids is 1. The minimum Gasteiger partial charge on any atom is -0.302 e. The molecular weight excluding hydrogens is 325 g/mol. The van der Waals surface area contributed by atoms with Gasteiger partial charge in [-0.05, 0) is 56.5 Å². The second kappa shape index (κ2) is 6.61. The number of rotatable bonds is 4. The van der Waals surface area contributed by atoms with Gasteiger partial charge in [-0.2, -0.15) is 0 Å². The minimum absolute atomic E-state index is 0.0745. The molecule has 2 aromatic rings. The molecule has 1 aliphatic carbocycles. The van der Waals surface area contributed by atoms with Crippen LogP contribution in [-0.4, -0.2) is 34.9 Å². The van der Waals surface area contributed by atoms with Gasteiger partial charge in [0, 0.05) is 18.2 Å². The van der Waals surface area contributed by atoms with E-state index in [4.69, 9.17) is 0 Å². The lowest BCUT2D eigenvalue weighted by atomic mass is 9.96. The van der Waals surface area contributed by atoms with Crippen molar-refractivity contribution in [2.24, 2.45) is 5.92 Å². The maximum Gasteiger partial charge on any atom is 0.229 e. The molecule has 1 amide bonds. The monoisotopic (exact) mass is 345 g/mol. The number of likely N-dealkylation sites (tertiary alicyclic amines) is 1. The molecule has 0 atom stereocenters. The fourth-order valence-corrected chi connectivity index (χ4v) is 4.08. The molecule has 1 saturated carbocycles. The SMILES string of the molecule is O=C(Nc1ncc(-c2ccc(F)cc2)s1)C1CCN(C2CC2)CC1. The van der Waals surface area contributed by atoms with E-state index in [1.165, 1.54) is 36.3 Å². The van der Waals surface area contributed by atoms with Gasteiger partial charge in [-0.3, -0.25) is 4.79 Å². The highest BCUT2D eigenvalue weighted by Crippen LogP contribution is 2.32. The topological polar surface area (TPSA) is 45.2 Å². The first kappa shape index (κ1) is 15.7. The second-order valence-corrected chi connectivity index (χ2v) is 7.60. The Morgan fingerprint density at radius 3 is 2.54 bits per heavy atom. The molecule has 126 valence electrons. The van der Waals surface area contributed by atoms with E-state index in [9.17, 15) is 9.18 Å². The lowest BCUT2D eigenvalue weighted by molar-refractivity contribution is -0.121. The van der Waals surface area contributed by atoms with Crippen molar-refractivity contribution in [1.82, 2.24) is 9.88 Å². The molecule has 24 heavy (non-hydrogen) atoms. The van der Waals surface area contributed by atoms with Gasteiger partial charge in [-0.25, -0.2) is 9.37 Å². The first-order valence-corrected chi connectivity index (χ1v) is 9.27. The Bertz CT molecular complexity index is 718. The van der Waals surface area contributed by atoms with E-state index < -0.39 is 0 Å². The Morgan fingerprint density at radius 2 is 1.88 bits per heavy atom. The highest BCUT2D eigenvalue weighted by atomic mass is 32.1. The molecule has 4 nitrogen and oxygen atoms in total. The van der Waals surface area contributed by atoms with Crippen LogP contribution >= 0.6 is 11.3 Å². The molecule has 1 saturated heterocycles. The molecule has 1 N–H and O–H groups in total. The summed E-state index contributed by atoms with van der Waals surface area (Å²) in [5.41, 5.74) is 0.909. The molecule has 2 aliphatic rings. The fourth-order valence-electron chi connectivity index (χ4n) is 3.25. The van der Waals surface area contributed by atoms with Crippen molar-refractivity contribution < 1.29 is 9.18 Å².